The maximum atomic E-state index is 5.88. The summed E-state index contributed by atoms with van der Waals surface area (Å²) in [6.45, 7) is 4.46. The highest BCUT2D eigenvalue weighted by molar-refractivity contribution is 7.80. The minimum Gasteiger partial charge on any atom is -0.454 e. The van der Waals surface area contributed by atoms with Crippen LogP contribution in [0.5, 0.6) is 11.5 Å². The number of rotatable bonds is 4. The fraction of sp³-hybridized carbons (Fsp3) is 0.192. The summed E-state index contributed by atoms with van der Waals surface area (Å²) in [6.07, 6.45) is 3.63. The first kappa shape index (κ1) is 20.7. The molecule has 1 N–H and O–H groups in total. The van der Waals surface area contributed by atoms with Crippen molar-refractivity contribution in [2.45, 2.75) is 25.9 Å². The van der Waals surface area contributed by atoms with E-state index in [1.165, 1.54) is 0 Å². The first-order valence-electron chi connectivity index (χ1n) is 11.1. The molecule has 2 aliphatic rings. The molecule has 1 aromatic carbocycles. The van der Waals surface area contributed by atoms with Crippen molar-refractivity contribution in [1.29, 1.82) is 0 Å². The van der Waals surface area contributed by atoms with E-state index in [0.29, 0.717) is 5.11 Å². The van der Waals surface area contributed by atoms with Gasteiger partial charge in [0.2, 0.25) is 6.79 Å². The second-order valence-corrected chi connectivity index (χ2v) is 8.77. The summed E-state index contributed by atoms with van der Waals surface area (Å²) in [6, 6.07) is 19.8. The molecule has 1 fully saturated rings. The van der Waals surface area contributed by atoms with Crippen molar-refractivity contribution in [3.63, 3.8) is 0 Å². The maximum Gasteiger partial charge on any atom is 0.231 e. The van der Waals surface area contributed by atoms with Crippen molar-refractivity contribution in [1.82, 2.24) is 19.9 Å². The number of anilines is 1. The standard InChI is InChI=1S/C26H23N5O2S/c1-16-13-19(17(2)30(16)23-8-4-6-12-28-23)25-24(20-7-3-5-11-27-20)29-26(34)31(25)18-9-10-21-22(14-18)33-15-32-21/h3-14,24-25H,15H2,1-2H3,(H,29,34)/t24-,25+/m1/s1. The summed E-state index contributed by atoms with van der Waals surface area (Å²) >= 11 is 5.88. The molecular formula is C26H23N5O2S. The Labute approximate surface area is 203 Å². The number of aryl methyl sites for hydroxylation is 1. The molecule has 4 aromatic rings. The third-order valence-corrected chi connectivity index (χ3v) is 6.71. The van der Waals surface area contributed by atoms with Gasteiger partial charge in [-0.1, -0.05) is 12.1 Å². The van der Waals surface area contributed by atoms with Gasteiger partial charge in [0.25, 0.3) is 0 Å². The lowest BCUT2D eigenvalue weighted by molar-refractivity contribution is 0.174. The van der Waals surface area contributed by atoms with Gasteiger partial charge in [-0.05, 0) is 74.1 Å². The van der Waals surface area contributed by atoms with Crippen molar-refractivity contribution in [2.24, 2.45) is 0 Å². The second-order valence-electron chi connectivity index (χ2n) is 8.38. The lowest BCUT2D eigenvalue weighted by atomic mass is 9.96. The Morgan fingerprint density at radius 2 is 1.74 bits per heavy atom. The molecule has 1 saturated heterocycles. The molecule has 34 heavy (non-hydrogen) atoms. The summed E-state index contributed by atoms with van der Waals surface area (Å²) in [5.74, 6) is 2.36. The summed E-state index contributed by atoms with van der Waals surface area (Å²) in [5, 5.41) is 4.17. The number of hydrogen-bond acceptors (Lipinski definition) is 5. The van der Waals surface area contributed by atoms with Crippen molar-refractivity contribution >= 4 is 23.0 Å². The van der Waals surface area contributed by atoms with Crippen LogP contribution in [0.1, 0.15) is 34.7 Å². The number of aromatic nitrogens is 3. The molecular weight excluding hydrogens is 446 g/mol. The van der Waals surface area contributed by atoms with E-state index in [0.717, 1.165) is 45.6 Å². The molecule has 3 aromatic heterocycles. The van der Waals surface area contributed by atoms with Gasteiger partial charge in [-0.15, -0.1) is 0 Å². The zero-order valence-electron chi connectivity index (χ0n) is 18.8. The van der Waals surface area contributed by atoms with Crippen LogP contribution in [0.3, 0.4) is 0 Å². The van der Waals surface area contributed by atoms with E-state index in [2.05, 4.69) is 44.7 Å². The van der Waals surface area contributed by atoms with Gasteiger partial charge in [0.15, 0.2) is 16.6 Å². The fourth-order valence-corrected chi connectivity index (χ4v) is 5.26. The van der Waals surface area contributed by atoms with Gasteiger partial charge in [0.05, 0.1) is 17.8 Å². The number of ether oxygens (including phenoxy) is 2. The van der Waals surface area contributed by atoms with Crippen molar-refractivity contribution in [2.75, 3.05) is 11.7 Å². The van der Waals surface area contributed by atoms with E-state index < -0.39 is 0 Å². The number of fused-ring (bicyclic) bond motifs is 1. The average molecular weight is 470 g/mol. The van der Waals surface area contributed by atoms with Crippen molar-refractivity contribution in [3.8, 4) is 17.3 Å². The van der Waals surface area contributed by atoms with Crippen molar-refractivity contribution < 1.29 is 9.47 Å². The topological polar surface area (TPSA) is 64.4 Å². The summed E-state index contributed by atoms with van der Waals surface area (Å²) in [4.78, 5) is 11.4. The zero-order valence-corrected chi connectivity index (χ0v) is 19.6. The SMILES string of the molecule is Cc1cc([C@H]2[C@@H](c3ccccn3)NC(=S)N2c2ccc3c(c2)OCO3)c(C)n1-c1ccccn1. The second kappa shape index (κ2) is 8.14. The highest BCUT2D eigenvalue weighted by atomic mass is 32.1. The monoisotopic (exact) mass is 469 g/mol. The number of hydrogen-bond donors (Lipinski definition) is 1. The Morgan fingerprint density at radius 3 is 2.50 bits per heavy atom. The molecule has 2 atom stereocenters. The van der Waals surface area contributed by atoms with Gasteiger partial charge in [0.1, 0.15) is 5.82 Å². The predicted molar refractivity (Wildman–Crippen MR) is 134 cm³/mol. The van der Waals surface area contributed by atoms with Gasteiger partial charge < -0.3 is 24.3 Å². The predicted octanol–water partition coefficient (Wildman–Crippen LogP) is 4.79. The van der Waals surface area contributed by atoms with E-state index in [-0.39, 0.29) is 18.9 Å². The molecule has 0 spiro atoms. The van der Waals surface area contributed by atoms with E-state index in [9.17, 15) is 0 Å². The average Bonchev–Trinajstić information content (AvgIpc) is 3.54. The molecule has 0 unspecified atom stereocenters. The van der Waals surface area contributed by atoms with Crippen molar-refractivity contribution in [3.05, 3.63) is 95.7 Å². The van der Waals surface area contributed by atoms with Gasteiger partial charge in [-0.25, -0.2) is 4.98 Å². The fourth-order valence-electron chi connectivity index (χ4n) is 4.91. The van der Waals surface area contributed by atoms with Crippen LogP contribution in [-0.4, -0.2) is 26.4 Å². The molecule has 0 saturated carbocycles. The van der Waals surface area contributed by atoms with E-state index >= 15 is 0 Å². The Bertz CT molecular complexity index is 1370. The Hall–Kier alpha value is -3.91. The van der Waals surface area contributed by atoms with Crippen LogP contribution in [0, 0.1) is 13.8 Å². The first-order chi connectivity index (χ1) is 16.6. The lowest BCUT2D eigenvalue weighted by Crippen LogP contribution is -2.29. The molecule has 6 rings (SSSR count). The number of thiocarbonyl (C=S) groups is 1. The number of pyridine rings is 2. The molecule has 8 heteroatoms. The Kier molecular flexibility index (Phi) is 4.95. The third-order valence-electron chi connectivity index (χ3n) is 6.40. The third kappa shape index (κ3) is 3.30. The smallest absolute Gasteiger partial charge is 0.231 e. The summed E-state index contributed by atoms with van der Waals surface area (Å²) < 4.78 is 13.4. The first-order valence-corrected chi connectivity index (χ1v) is 11.5. The van der Waals surface area contributed by atoms with Crippen LogP contribution in [0.2, 0.25) is 0 Å². The molecule has 0 bridgehead atoms. The van der Waals surface area contributed by atoms with Gasteiger partial charge in [-0.3, -0.25) is 4.98 Å². The summed E-state index contributed by atoms with van der Waals surface area (Å²) in [7, 11) is 0. The number of benzene rings is 1. The van der Waals surface area contributed by atoms with Crippen LogP contribution in [0.4, 0.5) is 5.69 Å². The minimum absolute atomic E-state index is 0.119. The Morgan fingerprint density at radius 1 is 0.941 bits per heavy atom. The highest BCUT2D eigenvalue weighted by Crippen LogP contribution is 2.45. The van der Waals surface area contributed by atoms with Crippen LogP contribution < -0.4 is 19.7 Å². The maximum absolute atomic E-state index is 5.88. The quantitative estimate of drug-likeness (QED) is 0.431. The van der Waals surface area contributed by atoms with Gasteiger partial charge >= 0.3 is 0 Å². The van der Waals surface area contributed by atoms with Crippen LogP contribution in [0.25, 0.3) is 5.82 Å². The molecule has 0 aliphatic carbocycles. The van der Waals surface area contributed by atoms with E-state index in [1.54, 1.807) is 0 Å². The van der Waals surface area contributed by atoms with Gasteiger partial charge in [0, 0.05) is 35.5 Å². The largest absolute Gasteiger partial charge is 0.454 e. The lowest BCUT2D eigenvalue weighted by Gasteiger charge is -2.28. The summed E-state index contributed by atoms with van der Waals surface area (Å²) in [5.41, 5.74) is 5.24. The van der Waals surface area contributed by atoms with Crippen LogP contribution in [-0.2, 0) is 0 Å². The highest BCUT2D eigenvalue weighted by Gasteiger charge is 2.42. The van der Waals surface area contributed by atoms with Gasteiger partial charge in [-0.2, -0.15) is 0 Å². The van der Waals surface area contributed by atoms with Crippen LogP contribution in [0.15, 0.2) is 73.1 Å². The molecule has 2 aliphatic heterocycles. The zero-order chi connectivity index (χ0) is 23.2. The van der Waals surface area contributed by atoms with E-state index in [4.69, 9.17) is 21.7 Å². The molecule has 170 valence electrons. The Balaban J connectivity index is 1.51. The van der Waals surface area contributed by atoms with E-state index in [1.807, 2.05) is 67.0 Å². The van der Waals surface area contributed by atoms with Crippen LogP contribution >= 0.6 is 12.2 Å². The molecule has 5 heterocycles. The number of nitrogens with zero attached hydrogens (tertiary/aromatic N) is 4. The normalized spacial score (nSPS) is 18.9. The molecule has 0 radical (unpaired) electrons. The number of nitrogens with one attached hydrogen (secondary N) is 1. The molecule has 7 nitrogen and oxygen atoms in total. The molecule has 0 amide bonds. The minimum atomic E-state index is -0.128.